The van der Waals surface area contributed by atoms with Crippen LogP contribution < -0.4 is 10.6 Å². The van der Waals surface area contributed by atoms with Crippen molar-refractivity contribution in [3.63, 3.8) is 0 Å². The first-order chi connectivity index (χ1) is 8.12. The van der Waals surface area contributed by atoms with Crippen LogP contribution in [0.3, 0.4) is 0 Å². The first-order valence-electron chi connectivity index (χ1n) is 6.77. The van der Waals surface area contributed by atoms with Gasteiger partial charge in [0.05, 0.1) is 0 Å². The highest BCUT2D eigenvalue weighted by molar-refractivity contribution is 5.74. The van der Waals surface area contributed by atoms with E-state index >= 15 is 0 Å². The van der Waals surface area contributed by atoms with Gasteiger partial charge in [-0.2, -0.15) is 0 Å². The van der Waals surface area contributed by atoms with Crippen LogP contribution >= 0.6 is 0 Å². The Bertz CT molecular complexity index is 238. The Balaban J connectivity index is 2.27. The van der Waals surface area contributed by atoms with E-state index in [0.29, 0.717) is 11.8 Å². The van der Waals surface area contributed by atoms with Gasteiger partial charge in [-0.1, -0.05) is 19.8 Å². The summed E-state index contributed by atoms with van der Waals surface area (Å²) in [4.78, 5) is 11.6. The summed E-state index contributed by atoms with van der Waals surface area (Å²) in [7, 11) is 0. The fourth-order valence-electron chi connectivity index (χ4n) is 2.59. The first-order valence-corrected chi connectivity index (χ1v) is 6.77. The van der Waals surface area contributed by atoms with Crippen LogP contribution in [0.15, 0.2) is 0 Å². The van der Waals surface area contributed by atoms with Crippen LogP contribution in [0.2, 0.25) is 0 Å². The molecule has 0 aromatic carbocycles. The summed E-state index contributed by atoms with van der Waals surface area (Å²) in [5, 5.41) is 14.6. The summed E-state index contributed by atoms with van der Waals surface area (Å²) in [6, 6.07) is -0.0770. The molecule has 0 radical (unpaired) electrons. The maximum atomic E-state index is 11.6. The number of nitrogens with one attached hydrogen (secondary N) is 2. The third-order valence-corrected chi connectivity index (χ3v) is 3.98. The predicted octanol–water partition coefficient (Wildman–Crippen LogP) is 2.03. The Labute approximate surface area is 104 Å². The fourth-order valence-corrected chi connectivity index (χ4v) is 2.59. The van der Waals surface area contributed by atoms with Crippen molar-refractivity contribution in [2.45, 2.75) is 58.4 Å². The molecule has 1 rings (SSSR count). The molecule has 0 saturated heterocycles. The van der Waals surface area contributed by atoms with Crippen molar-refractivity contribution >= 4 is 6.03 Å². The van der Waals surface area contributed by atoms with Crippen LogP contribution in [0.4, 0.5) is 4.79 Å². The number of hydrogen-bond acceptors (Lipinski definition) is 2. The third kappa shape index (κ3) is 4.54. The molecule has 1 aliphatic carbocycles. The van der Waals surface area contributed by atoms with Crippen LogP contribution in [0.1, 0.15) is 52.4 Å². The SMILES string of the molecule is CCC1(CNC(=O)N[C@H](C)CCO)CCCC1. The summed E-state index contributed by atoms with van der Waals surface area (Å²) in [5.74, 6) is 0. The molecule has 0 bridgehead atoms. The number of urea groups is 1. The molecule has 0 heterocycles. The molecular weight excluding hydrogens is 216 g/mol. The molecule has 0 aromatic rings. The quantitative estimate of drug-likeness (QED) is 0.667. The smallest absolute Gasteiger partial charge is 0.315 e. The van der Waals surface area contributed by atoms with E-state index in [1.165, 1.54) is 25.7 Å². The van der Waals surface area contributed by atoms with Crippen molar-refractivity contribution in [1.29, 1.82) is 0 Å². The molecule has 1 atom stereocenters. The molecule has 1 aliphatic rings. The minimum absolute atomic E-state index is 0.0288. The average molecular weight is 242 g/mol. The minimum atomic E-state index is -0.106. The van der Waals surface area contributed by atoms with Crippen LogP contribution in [0, 0.1) is 5.41 Å². The zero-order valence-corrected chi connectivity index (χ0v) is 11.1. The highest BCUT2D eigenvalue weighted by Gasteiger charge is 2.32. The van der Waals surface area contributed by atoms with Crippen LogP contribution in [0.5, 0.6) is 0 Å². The molecule has 17 heavy (non-hydrogen) atoms. The lowest BCUT2D eigenvalue weighted by Gasteiger charge is -2.28. The van der Waals surface area contributed by atoms with Crippen LogP contribution in [0.25, 0.3) is 0 Å². The van der Waals surface area contributed by atoms with Crippen molar-refractivity contribution in [1.82, 2.24) is 10.6 Å². The largest absolute Gasteiger partial charge is 0.396 e. The normalized spacial score (nSPS) is 19.9. The van der Waals surface area contributed by atoms with Crippen molar-refractivity contribution < 1.29 is 9.90 Å². The molecule has 1 saturated carbocycles. The van der Waals surface area contributed by atoms with Crippen molar-refractivity contribution in [2.24, 2.45) is 5.41 Å². The Morgan fingerprint density at radius 1 is 1.41 bits per heavy atom. The van der Waals surface area contributed by atoms with Gasteiger partial charge in [0.2, 0.25) is 0 Å². The number of amides is 2. The second-order valence-corrected chi connectivity index (χ2v) is 5.30. The van der Waals surface area contributed by atoms with Gasteiger partial charge >= 0.3 is 6.03 Å². The molecule has 0 spiro atoms. The van der Waals surface area contributed by atoms with E-state index in [9.17, 15) is 4.79 Å². The Kier molecular flexibility index (Phi) is 5.75. The highest BCUT2D eigenvalue weighted by Crippen LogP contribution is 2.40. The van der Waals surface area contributed by atoms with Crippen LogP contribution in [-0.2, 0) is 0 Å². The monoisotopic (exact) mass is 242 g/mol. The van der Waals surface area contributed by atoms with E-state index < -0.39 is 0 Å². The molecule has 2 amide bonds. The molecule has 100 valence electrons. The maximum absolute atomic E-state index is 11.6. The average Bonchev–Trinajstić information content (AvgIpc) is 2.76. The van der Waals surface area contributed by atoms with E-state index in [1.54, 1.807) is 0 Å². The summed E-state index contributed by atoms with van der Waals surface area (Å²) in [6.07, 6.45) is 6.79. The van der Waals surface area contributed by atoms with Gasteiger partial charge in [-0.05, 0) is 38.0 Å². The molecule has 4 nitrogen and oxygen atoms in total. The zero-order chi connectivity index (χ0) is 12.7. The number of carbonyl (C=O) groups is 1. The summed E-state index contributed by atoms with van der Waals surface area (Å²) in [5.41, 5.74) is 0.331. The van der Waals surface area contributed by atoms with Crippen molar-refractivity contribution in [2.75, 3.05) is 13.2 Å². The molecule has 0 unspecified atom stereocenters. The lowest BCUT2D eigenvalue weighted by Crippen LogP contribution is -2.45. The van der Waals surface area contributed by atoms with Gasteiger partial charge in [0, 0.05) is 19.2 Å². The van der Waals surface area contributed by atoms with Gasteiger partial charge in [0.1, 0.15) is 0 Å². The number of hydrogen-bond donors (Lipinski definition) is 3. The number of aliphatic hydroxyl groups is 1. The van der Waals surface area contributed by atoms with Crippen molar-refractivity contribution in [3.05, 3.63) is 0 Å². The van der Waals surface area contributed by atoms with Crippen LogP contribution in [-0.4, -0.2) is 30.3 Å². The minimum Gasteiger partial charge on any atom is -0.396 e. The molecule has 0 aliphatic heterocycles. The van der Waals surface area contributed by atoms with Gasteiger partial charge in [-0.3, -0.25) is 0 Å². The fraction of sp³-hybridized carbons (Fsp3) is 0.923. The Morgan fingerprint density at radius 3 is 2.59 bits per heavy atom. The number of aliphatic hydroxyl groups excluding tert-OH is 1. The van der Waals surface area contributed by atoms with E-state index in [-0.39, 0.29) is 18.7 Å². The van der Waals surface area contributed by atoms with E-state index in [0.717, 1.165) is 13.0 Å². The van der Waals surface area contributed by atoms with Gasteiger partial charge < -0.3 is 15.7 Å². The summed E-state index contributed by atoms with van der Waals surface area (Å²) in [6.45, 7) is 5.00. The van der Waals surface area contributed by atoms with Gasteiger partial charge in [0.15, 0.2) is 0 Å². The number of carbonyl (C=O) groups excluding carboxylic acids is 1. The van der Waals surface area contributed by atoms with Crippen molar-refractivity contribution in [3.8, 4) is 0 Å². The lowest BCUT2D eigenvalue weighted by molar-refractivity contribution is 0.217. The molecule has 0 aromatic heterocycles. The first kappa shape index (κ1) is 14.3. The maximum Gasteiger partial charge on any atom is 0.315 e. The Hall–Kier alpha value is -0.770. The van der Waals surface area contributed by atoms with E-state index in [2.05, 4.69) is 17.6 Å². The second kappa shape index (κ2) is 6.84. The topological polar surface area (TPSA) is 61.4 Å². The number of rotatable bonds is 6. The van der Waals surface area contributed by atoms with Gasteiger partial charge in [-0.25, -0.2) is 4.79 Å². The lowest BCUT2D eigenvalue weighted by atomic mass is 9.83. The molecular formula is C13H26N2O2. The molecule has 4 heteroatoms. The molecule has 1 fully saturated rings. The van der Waals surface area contributed by atoms with E-state index in [1.807, 2.05) is 6.92 Å². The Morgan fingerprint density at radius 2 is 2.06 bits per heavy atom. The second-order valence-electron chi connectivity index (χ2n) is 5.30. The van der Waals surface area contributed by atoms with E-state index in [4.69, 9.17) is 5.11 Å². The standard InChI is InChI=1S/C13H26N2O2/c1-3-13(7-4-5-8-13)10-14-12(17)15-11(2)6-9-16/h11,16H,3-10H2,1-2H3,(H2,14,15,17)/t11-/m1/s1. The summed E-state index contributed by atoms with van der Waals surface area (Å²) >= 11 is 0. The highest BCUT2D eigenvalue weighted by atomic mass is 16.3. The summed E-state index contributed by atoms with van der Waals surface area (Å²) < 4.78 is 0. The third-order valence-electron chi connectivity index (χ3n) is 3.98. The zero-order valence-electron chi connectivity index (χ0n) is 11.1. The van der Waals surface area contributed by atoms with Gasteiger partial charge in [-0.15, -0.1) is 0 Å². The van der Waals surface area contributed by atoms with Gasteiger partial charge in [0.25, 0.3) is 0 Å². The molecule has 3 N–H and O–H groups in total. The predicted molar refractivity (Wildman–Crippen MR) is 68.9 cm³/mol.